The molecule has 7 nitrogen and oxygen atoms in total. The van der Waals surface area contributed by atoms with E-state index in [1.807, 2.05) is 54.7 Å². The number of nitrogens with one attached hydrogen (secondary N) is 2. The highest BCUT2D eigenvalue weighted by molar-refractivity contribution is 5.86. The van der Waals surface area contributed by atoms with Gasteiger partial charge in [-0.05, 0) is 17.7 Å². The molecule has 142 valence electrons. The van der Waals surface area contributed by atoms with E-state index in [2.05, 4.69) is 30.4 Å². The van der Waals surface area contributed by atoms with Crippen molar-refractivity contribution in [1.29, 1.82) is 0 Å². The van der Waals surface area contributed by atoms with Gasteiger partial charge in [0.15, 0.2) is 5.96 Å². The average Bonchev–Trinajstić information content (AvgIpc) is 2.74. The Morgan fingerprint density at radius 2 is 1.78 bits per heavy atom. The molecule has 2 heterocycles. The van der Waals surface area contributed by atoms with Gasteiger partial charge in [-0.2, -0.15) is 0 Å². The number of anilines is 1. The van der Waals surface area contributed by atoms with Crippen LogP contribution in [0, 0.1) is 0 Å². The lowest BCUT2D eigenvalue weighted by Crippen LogP contribution is -2.53. The predicted molar refractivity (Wildman–Crippen MR) is 108 cm³/mol. The van der Waals surface area contributed by atoms with E-state index in [0.29, 0.717) is 6.54 Å². The van der Waals surface area contributed by atoms with E-state index in [1.165, 1.54) is 0 Å². The summed E-state index contributed by atoms with van der Waals surface area (Å²) in [6.07, 6.45) is 1.82. The van der Waals surface area contributed by atoms with E-state index in [-0.39, 0.29) is 12.5 Å². The number of carbonyl (C=O) groups is 1. The monoisotopic (exact) mass is 366 g/mol. The fourth-order valence-electron chi connectivity index (χ4n) is 3.04. The number of pyridine rings is 1. The topological polar surface area (TPSA) is 72.9 Å². The summed E-state index contributed by atoms with van der Waals surface area (Å²) in [5.74, 6) is 1.71. The Balaban J connectivity index is 1.42. The Bertz CT molecular complexity index is 742. The normalized spacial score (nSPS) is 14.8. The number of aliphatic imine (C=N–C) groups is 1. The zero-order valence-electron chi connectivity index (χ0n) is 15.6. The lowest BCUT2D eigenvalue weighted by atomic mass is 10.2. The number of amides is 1. The highest BCUT2D eigenvalue weighted by atomic mass is 16.1. The van der Waals surface area contributed by atoms with Gasteiger partial charge in [0.1, 0.15) is 5.82 Å². The van der Waals surface area contributed by atoms with Gasteiger partial charge < -0.3 is 20.4 Å². The van der Waals surface area contributed by atoms with Gasteiger partial charge in [-0.25, -0.2) is 4.98 Å². The second-order valence-corrected chi connectivity index (χ2v) is 6.33. The van der Waals surface area contributed by atoms with Crippen molar-refractivity contribution in [2.24, 2.45) is 4.99 Å². The fraction of sp³-hybridized carbons (Fsp3) is 0.350. The van der Waals surface area contributed by atoms with Crippen LogP contribution in [0.3, 0.4) is 0 Å². The molecule has 1 amide bonds. The van der Waals surface area contributed by atoms with Crippen LogP contribution in [0.1, 0.15) is 5.56 Å². The highest BCUT2D eigenvalue weighted by Crippen LogP contribution is 2.12. The Labute approximate surface area is 160 Å². The van der Waals surface area contributed by atoms with Gasteiger partial charge >= 0.3 is 0 Å². The molecule has 2 N–H and O–H groups in total. The molecule has 2 aromatic rings. The molecular formula is C20H26N6O. The van der Waals surface area contributed by atoms with Gasteiger partial charge in [-0.3, -0.25) is 9.79 Å². The van der Waals surface area contributed by atoms with Crippen molar-refractivity contribution in [1.82, 2.24) is 20.5 Å². The first-order valence-electron chi connectivity index (χ1n) is 9.18. The summed E-state index contributed by atoms with van der Waals surface area (Å²) in [5.41, 5.74) is 1.08. The van der Waals surface area contributed by atoms with Crippen molar-refractivity contribution in [3.63, 3.8) is 0 Å². The van der Waals surface area contributed by atoms with Gasteiger partial charge in [-0.15, -0.1) is 0 Å². The van der Waals surface area contributed by atoms with Gasteiger partial charge in [0.25, 0.3) is 0 Å². The molecule has 0 aliphatic carbocycles. The van der Waals surface area contributed by atoms with Gasteiger partial charge in [-0.1, -0.05) is 36.4 Å². The molecule has 1 saturated heterocycles. The number of piperazine rings is 1. The molecule has 1 aromatic heterocycles. The van der Waals surface area contributed by atoms with Crippen molar-refractivity contribution >= 4 is 17.7 Å². The van der Waals surface area contributed by atoms with E-state index in [9.17, 15) is 4.79 Å². The minimum atomic E-state index is -0.0490. The van der Waals surface area contributed by atoms with Crippen LogP contribution in [0.5, 0.6) is 0 Å². The van der Waals surface area contributed by atoms with Crippen molar-refractivity contribution in [3.8, 4) is 0 Å². The first kappa shape index (κ1) is 18.7. The third-order valence-electron chi connectivity index (χ3n) is 4.50. The van der Waals surface area contributed by atoms with E-state index in [1.54, 1.807) is 7.05 Å². The third kappa shape index (κ3) is 5.44. The van der Waals surface area contributed by atoms with E-state index in [4.69, 9.17) is 0 Å². The molecule has 1 aliphatic heterocycles. The summed E-state index contributed by atoms with van der Waals surface area (Å²) >= 11 is 0. The van der Waals surface area contributed by atoms with Crippen molar-refractivity contribution in [2.75, 3.05) is 44.7 Å². The molecule has 1 aromatic carbocycles. The Kier molecular flexibility index (Phi) is 6.62. The summed E-state index contributed by atoms with van der Waals surface area (Å²) in [6.45, 7) is 4.16. The maximum Gasteiger partial charge on any atom is 0.239 e. The SMILES string of the molecule is CN=C(NCC(=O)NCc1ccccc1)N1CCN(c2ccccn2)CC1. The maximum absolute atomic E-state index is 12.1. The third-order valence-corrected chi connectivity index (χ3v) is 4.50. The molecule has 7 heteroatoms. The van der Waals surface area contributed by atoms with Crippen molar-refractivity contribution in [2.45, 2.75) is 6.54 Å². The first-order chi connectivity index (χ1) is 13.3. The lowest BCUT2D eigenvalue weighted by molar-refractivity contribution is -0.120. The number of benzene rings is 1. The Morgan fingerprint density at radius 1 is 1.04 bits per heavy atom. The summed E-state index contributed by atoms with van der Waals surface area (Å²) in [6, 6.07) is 15.8. The highest BCUT2D eigenvalue weighted by Gasteiger charge is 2.20. The molecule has 27 heavy (non-hydrogen) atoms. The smallest absolute Gasteiger partial charge is 0.239 e. The predicted octanol–water partition coefficient (Wildman–Crippen LogP) is 1.10. The van der Waals surface area contributed by atoms with Crippen LogP contribution in [0.25, 0.3) is 0 Å². The van der Waals surface area contributed by atoms with Crippen LogP contribution >= 0.6 is 0 Å². The van der Waals surface area contributed by atoms with Crippen molar-refractivity contribution < 1.29 is 4.79 Å². The molecule has 0 radical (unpaired) electrons. The van der Waals surface area contributed by atoms with Gasteiger partial charge in [0.2, 0.25) is 5.91 Å². The van der Waals surface area contributed by atoms with Gasteiger partial charge in [0.05, 0.1) is 6.54 Å². The minimum absolute atomic E-state index is 0.0490. The van der Waals surface area contributed by atoms with Crippen LogP contribution in [0.2, 0.25) is 0 Å². The minimum Gasteiger partial charge on any atom is -0.353 e. The largest absolute Gasteiger partial charge is 0.353 e. The zero-order chi connectivity index (χ0) is 18.9. The molecule has 1 fully saturated rings. The Morgan fingerprint density at radius 3 is 2.44 bits per heavy atom. The average molecular weight is 366 g/mol. The number of hydrogen-bond donors (Lipinski definition) is 2. The quantitative estimate of drug-likeness (QED) is 0.612. The standard InChI is InChI=1S/C20H26N6O/c1-21-20(24-16-19(27)23-15-17-7-3-2-4-8-17)26-13-11-25(12-14-26)18-9-5-6-10-22-18/h2-10H,11-16H2,1H3,(H,21,24)(H,23,27). The summed E-state index contributed by atoms with van der Waals surface area (Å²) in [5, 5.41) is 6.08. The molecule has 3 rings (SSSR count). The molecule has 1 aliphatic rings. The number of nitrogens with zero attached hydrogens (tertiary/aromatic N) is 4. The molecule has 0 spiro atoms. The van der Waals surface area contributed by atoms with Crippen LogP contribution < -0.4 is 15.5 Å². The van der Waals surface area contributed by atoms with Crippen molar-refractivity contribution in [3.05, 3.63) is 60.3 Å². The number of guanidine groups is 1. The number of aromatic nitrogens is 1. The molecule has 0 unspecified atom stereocenters. The second kappa shape index (κ2) is 9.56. The summed E-state index contributed by atoms with van der Waals surface area (Å²) in [7, 11) is 1.75. The fourth-order valence-corrected chi connectivity index (χ4v) is 3.04. The van der Waals surface area contributed by atoms with Crippen LogP contribution in [0.4, 0.5) is 5.82 Å². The lowest BCUT2D eigenvalue weighted by Gasteiger charge is -2.37. The number of hydrogen-bond acceptors (Lipinski definition) is 4. The number of carbonyl (C=O) groups excluding carboxylic acids is 1. The second-order valence-electron chi connectivity index (χ2n) is 6.33. The maximum atomic E-state index is 12.1. The molecule has 0 atom stereocenters. The zero-order valence-corrected chi connectivity index (χ0v) is 15.6. The first-order valence-corrected chi connectivity index (χ1v) is 9.18. The van der Waals surface area contributed by atoms with Crippen LogP contribution in [-0.2, 0) is 11.3 Å². The summed E-state index contributed by atoms with van der Waals surface area (Å²) < 4.78 is 0. The van der Waals surface area contributed by atoms with E-state index in [0.717, 1.165) is 43.5 Å². The van der Waals surface area contributed by atoms with Crippen LogP contribution in [0.15, 0.2) is 59.7 Å². The van der Waals surface area contributed by atoms with E-state index < -0.39 is 0 Å². The van der Waals surface area contributed by atoms with Crippen LogP contribution in [-0.4, -0.2) is 61.5 Å². The molecule has 0 bridgehead atoms. The van der Waals surface area contributed by atoms with Gasteiger partial charge in [0, 0.05) is 46.0 Å². The molecule has 0 saturated carbocycles. The summed E-state index contributed by atoms with van der Waals surface area (Å²) in [4.78, 5) is 25.2. The number of rotatable bonds is 5. The molecular weight excluding hydrogens is 340 g/mol. The Hall–Kier alpha value is -3.09. The van der Waals surface area contributed by atoms with E-state index >= 15 is 0 Å².